The minimum absolute atomic E-state index is 0.119. The van der Waals surface area contributed by atoms with Crippen LogP contribution >= 0.6 is 11.8 Å². The zero-order valence-corrected chi connectivity index (χ0v) is 15.0. The monoisotopic (exact) mass is 371 g/mol. The summed E-state index contributed by atoms with van der Waals surface area (Å²) < 4.78 is 6.53. The Morgan fingerprint density at radius 2 is 2.00 bits per heavy atom. The van der Waals surface area contributed by atoms with E-state index in [1.54, 1.807) is 43.3 Å². The molecule has 0 aliphatic rings. The topological polar surface area (TPSA) is 116 Å². The fourth-order valence-electron chi connectivity index (χ4n) is 2.28. The van der Waals surface area contributed by atoms with Crippen molar-refractivity contribution in [2.45, 2.75) is 24.3 Å². The van der Waals surface area contributed by atoms with Crippen molar-refractivity contribution in [3.63, 3.8) is 0 Å². The average Bonchev–Trinajstić information content (AvgIpc) is 3.25. The number of nitrogens with zero attached hydrogens (tertiary/aromatic N) is 3. The molecule has 9 heteroatoms. The van der Waals surface area contributed by atoms with Gasteiger partial charge in [0.15, 0.2) is 11.5 Å². The minimum Gasteiger partial charge on any atom is -0.461 e. The molecule has 1 amide bonds. The van der Waals surface area contributed by atoms with Crippen molar-refractivity contribution in [3.8, 4) is 11.6 Å². The van der Waals surface area contributed by atoms with Gasteiger partial charge in [-0.25, -0.2) is 4.68 Å². The number of nitrogens with two attached hydrogens (primary N) is 1. The highest BCUT2D eigenvalue weighted by atomic mass is 32.2. The van der Waals surface area contributed by atoms with Gasteiger partial charge in [0.1, 0.15) is 0 Å². The molecule has 1 unspecified atom stereocenters. The molecule has 8 nitrogen and oxygen atoms in total. The summed E-state index contributed by atoms with van der Waals surface area (Å²) in [6, 6.07) is 10.3. The summed E-state index contributed by atoms with van der Waals surface area (Å²) in [6.45, 7) is 3.17. The number of nitrogens with one attached hydrogen (secondary N) is 1. The number of rotatable bonds is 6. The van der Waals surface area contributed by atoms with Crippen LogP contribution in [-0.2, 0) is 4.79 Å². The van der Waals surface area contributed by atoms with Gasteiger partial charge in [0.25, 0.3) is 0 Å². The molecule has 3 N–H and O–H groups in total. The molecule has 2 heterocycles. The number of carbonyl (C=O) groups excluding carboxylic acids is 2. The van der Waals surface area contributed by atoms with E-state index in [9.17, 15) is 9.59 Å². The molecule has 1 aromatic carbocycles. The summed E-state index contributed by atoms with van der Waals surface area (Å²) in [7, 11) is 0. The van der Waals surface area contributed by atoms with Gasteiger partial charge in [-0.05, 0) is 38.1 Å². The molecule has 0 aliphatic carbocycles. The minimum atomic E-state index is -0.508. The zero-order chi connectivity index (χ0) is 18.7. The number of hydrogen-bond donors (Lipinski definition) is 2. The number of carbonyl (C=O) groups is 2. The van der Waals surface area contributed by atoms with Crippen LogP contribution in [0, 0.1) is 0 Å². The number of benzene rings is 1. The van der Waals surface area contributed by atoms with E-state index in [4.69, 9.17) is 10.3 Å². The maximum Gasteiger partial charge on any atom is 0.237 e. The van der Waals surface area contributed by atoms with Crippen LogP contribution in [0.2, 0.25) is 0 Å². The predicted molar refractivity (Wildman–Crippen MR) is 98.3 cm³/mol. The van der Waals surface area contributed by atoms with E-state index >= 15 is 0 Å². The second kappa shape index (κ2) is 7.44. The van der Waals surface area contributed by atoms with E-state index in [1.807, 2.05) is 0 Å². The van der Waals surface area contributed by atoms with Crippen LogP contribution in [0.5, 0.6) is 0 Å². The van der Waals surface area contributed by atoms with Gasteiger partial charge in [0.2, 0.25) is 16.9 Å². The second-order valence-electron chi connectivity index (χ2n) is 5.50. The molecule has 0 saturated carbocycles. The number of furan rings is 1. The van der Waals surface area contributed by atoms with E-state index < -0.39 is 5.25 Å². The van der Waals surface area contributed by atoms with Crippen molar-refractivity contribution in [3.05, 3.63) is 48.2 Å². The third kappa shape index (κ3) is 3.62. The SMILES string of the molecule is CC(=O)c1ccccc1NC(=O)C(C)Sc1nnc(-c2ccco2)n1N. The molecule has 2 aromatic heterocycles. The molecule has 134 valence electrons. The Morgan fingerprint density at radius 3 is 2.69 bits per heavy atom. The number of amides is 1. The van der Waals surface area contributed by atoms with Gasteiger partial charge < -0.3 is 15.6 Å². The number of hydrogen-bond acceptors (Lipinski definition) is 7. The molecule has 0 saturated heterocycles. The summed E-state index contributed by atoms with van der Waals surface area (Å²) in [5.41, 5.74) is 0.933. The molecule has 0 spiro atoms. The average molecular weight is 371 g/mol. The first-order chi connectivity index (χ1) is 12.5. The summed E-state index contributed by atoms with van der Waals surface area (Å²) in [6.07, 6.45) is 1.51. The number of aromatic nitrogens is 3. The number of thioether (sulfide) groups is 1. The molecule has 3 aromatic rings. The quantitative estimate of drug-likeness (QED) is 0.388. The van der Waals surface area contributed by atoms with E-state index in [2.05, 4.69) is 15.5 Å². The summed E-state index contributed by atoms with van der Waals surface area (Å²) in [5, 5.41) is 10.6. The maximum absolute atomic E-state index is 12.5. The second-order valence-corrected chi connectivity index (χ2v) is 6.81. The van der Waals surface area contributed by atoms with E-state index in [0.717, 1.165) is 11.8 Å². The van der Waals surface area contributed by atoms with Crippen molar-refractivity contribution >= 4 is 29.1 Å². The van der Waals surface area contributed by atoms with Crippen LogP contribution < -0.4 is 11.2 Å². The lowest BCUT2D eigenvalue weighted by atomic mass is 10.1. The lowest BCUT2D eigenvalue weighted by Crippen LogP contribution is -2.24. The number of Topliss-reactive ketones (excluding diaryl/α,β-unsaturated/α-hetero) is 1. The van der Waals surface area contributed by atoms with Gasteiger partial charge >= 0.3 is 0 Å². The standard InChI is InChI=1S/C17H17N5O3S/c1-10(23)12-6-3-4-7-13(12)19-16(24)11(2)26-17-21-20-15(22(17)18)14-8-5-9-25-14/h3-9,11H,18H2,1-2H3,(H,19,24). The summed E-state index contributed by atoms with van der Waals surface area (Å²) in [5.74, 6) is 6.46. The first-order valence-corrected chi connectivity index (χ1v) is 8.67. The van der Waals surface area contributed by atoms with Gasteiger partial charge in [-0.1, -0.05) is 23.9 Å². The van der Waals surface area contributed by atoms with Crippen molar-refractivity contribution < 1.29 is 14.0 Å². The first kappa shape index (κ1) is 17.7. The Kier molecular flexibility index (Phi) is 5.08. The highest BCUT2D eigenvalue weighted by molar-refractivity contribution is 8.00. The number of ketones is 1. The van der Waals surface area contributed by atoms with Crippen LogP contribution in [-0.4, -0.2) is 31.8 Å². The first-order valence-electron chi connectivity index (χ1n) is 7.79. The zero-order valence-electron chi connectivity index (χ0n) is 14.2. The van der Waals surface area contributed by atoms with Gasteiger partial charge in [0, 0.05) is 5.56 Å². The van der Waals surface area contributed by atoms with Crippen molar-refractivity contribution in [2.24, 2.45) is 0 Å². The third-order valence-electron chi connectivity index (χ3n) is 3.62. The molecule has 0 bridgehead atoms. The lowest BCUT2D eigenvalue weighted by Gasteiger charge is -2.13. The van der Waals surface area contributed by atoms with E-state index in [0.29, 0.717) is 28.0 Å². The fraction of sp³-hybridized carbons (Fsp3) is 0.176. The molecular weight excluding hydrogens is 354 g/mol. The maximum atomic E-state index is 12.5. The van der Waals surface area contributed by atoms with Crippen LogP contribution in [0.25, 0.3) is 11.6 Å². The largest absolute Gasteiger partial charge is 0.461 e. The Morgan fingerprint density at radius 1 is 1.23 bits per heavy atom. The van der Waals surface area contributed by atoms with Crippen LogP contribution in [0.1, 0.15) is 24.2 Å². The number of para-hydroxylation sites is 1. The lowest BCUT2D eigenvalue weighted by molar-refractivity contribution is -0.115. The van der Waals surface area contributed by atoms with Crippen molar-refractivity contribution in [1.29, 1.82) is 0 Å². The highest BCUT2D eigenvalue weighted by Crippen LogP contribution is 2.26. The predicted octanol–water partition coefficient (Wildman–Crippen LogP) is 2.57. The molecule has 1 atom stereocenters. The fourth-order valence-corrected chi connectivity index (χ4v) is 3.05. The Labute approximate surface area is 153 Å². The number of anilines is 1. The number of nitrogen functional groups attached to an aromatic ring is 1. The van der Waals surface area contributed by atoms with Gasteiger partial charge in [-0.2, -0.15) is 0 Å². The highest BCUT2D eigenvalue weighted by Gasteiger charge is 2.21. The molecule has 0 fully saturated rings. The smallest absolute Gasteiger partial charge is 0.237 e. The van der Waals surface area contributed by atoms with E-state index in [1.165, 1.54) is 17.9 Å². The van der Waals surface area contributed by atoms with Gasteiger partial charge in [0.05, 0.1) is 17.2 Å². The van der Waals surface area contributed by atoms with Crippen LogP contribution in [0.4, 0.5) is 5.69 Å². The normalized spacial score (nSPS) is 11.9. The summed E-state index contributed by atoms with van der Waals surface area (Å²) >= 11 is 1.16. The Balaban J connectivity index is 1.72. The Hall–Kier alpha value is -3.07. The van der Waals surface area contributed by atoms with Crippen LogP contribution in [0.3, 0.4) is 0 Å². The molecule has 0 radical (unpaired) electrons. The van der Waals surface area contributed by atoms with Crippen LogP contribution in [0.15, 0.2) is 52.2 Å². The van der Waals surface area contributed by atoms with Gasteiger partial charge in [-0.15, -0.1) is 10.2 Å². The molecule has 3 rings (SSSR count). The molecular formula is C17H17N5O3S. The van der Waals surface area contributed by atoms with Gasteiger partial charge in [-0.3, -0.25) is 9.59 Å². The summed E-state index contributed by atoms with van der Waals surface area (Å²) in [4.78, 5) is 24.1. The third-order valence-corrected chi connectivity index (χ3v) is 4.68. The van der Waals surface area contributed by atoms with Crippen molar-refractivity contribution in [2.75, 3.05) is 11.2 Å². The molecule has 26 heavy (non-hydrogen) atoms. The molecule has 0 aliphatic heterocycles. The van der Waals surface area contributed by atoms with E-state index in [-0.39, 0.29) is 11.7 Å². The Bertz CT molecular complexity index is 936. The van der Waals surface area contributed by atoms with Crippen molar-refractivity contribution in [1.82, 2.24) is 14.9 Å².